The van der Waals surface area contributed by atoms with Crippen LogP contribution in [-0.2, 0) is 0 Å². The average molecular weight is 251 g/mol. The Hall–Kier alpha value is -0.120. The minimum absolute atomic E-state index is 0.326. The van der Waals surface area contributed by atoms with Gasteiger partial charge in [-0.25, -0.2) is 0 Å². The first-order valence-corrected chi connectivity index (χ1v) is 7.95. The Morgan fingerprint density at radius 1 is 1.11 bits per heavy atom. The van der Waals surface area contributed by atoms with Gasteiger partial charge in [-0.2, -0.15) is 0 Å². The third kappa shape index (κ3) is 2.00. The van der Waals surface area contributed by atoms with E-state index in [9.17, 15) is 0 Å². The van der Waals surface area contributed by atoms with Gasteiger partial charge >= 0.3 is 0 Å². The zero-order valence-corrected chi connectivity index (χ0v) is 11.9. The van der Waals surface area contributed by atoms with E-state index in [0.29, 0.717) is 5.54 Å². The van der Waals surface area contributed by atoms with E-state index in [1.54, 1.807) is 0 Å². The summed E-state index contributed by atoms with van der Waals surface area (Å²) in [5.41, 5.74) is 6.57. The second kappa shape index (κ2) is 5.10. The predicted molar refractivity (Wildman–Crippen MR) is 75.6 cm³/mol. The highest BCUT2D eigenvalue weighted by atomic mass is 15.3. The molecule has 3 atom stereocenters. The molecule has 3 nitrogen and oxygen atoms in total. The molecule has 3 aliphatic rings. The van der Waals surface area contributed by atoms with Crippen LogP contribution in [0.15, 0.2) is 0 Å². The molecule has 2 aliphatic heterocycles. The highest BCUT2D eigenvalue weighted by Gasteiger charge is 2.45. The summed E-state index contributed by atoms with van der Waals surface area (Å²) < 4.78 is 0. The molecule has 3 fully saturated rings. The minimum atomic E-state index is 0.326. The number of rotatable bonds is 2. The molecule has 0 aromatic heterocycles. The quantitative estimate of drug-likeness (QED) is 0.810. The van der Waals surface area contributed by atoms with Crippen molar-refractivity contribution in [1.82, 2.24) is 9.80 Å². The first-order chi connectivity index (χ1) is 8.76. The van der Waals surface area contributed by atoms with Crippen molar-refractivity contribution in [2.75, 3.05) is 32.7 Å². The van der Waals surface area contributed by atoms with E-state index in [0.717, 1.165) is 18.5 Å². The Morgan fingerprint density at radius 2 is 2.00 bits per heavy atom. The van der Waals surface area contributed by atoms with Crippen LogP contribution in [0.25, 0.3) is 0 Å². The fraction of sp³-hybridized carbons (Fsp3) is 1.00. The normalized spacial score (nSPS) is 43.0. The smallest absolute Gasteiger partial charge is 0.0358 e. The van der Waals surface area contributed by atoms with Crippen molar-refractivity contribution in [3.63, 3.8) is 0 Å². The summed E-state index contributed by atoms with van der Waals surface area (Å²) in [6.45, 7) is 8.44. The van der Waals surface area contributed by atoms with Crippen LogP contribution in [-0.4, -0.2) is 54.1 Å². The lowest BCUT2D eigenvalue weighted by Crippen LogP contribution is -2.65. The van der Waals surface area contributed by atoms with E-state index in [1.165, 1.54) is 64.7 Å². The predicted octanol–water partition coefficient (Wildman–Crippen LogP) is 1.67. The molecule has 0 amide bonds. The maximum atomic E-state index is 6.24. The highest BCUT2D eigenvalue weighted by molar-refractivity contribution is 5.02. The van der Waals surface area contributed by atoms with Gasteiger partial charge in [0, 0.05) is 37.8 Å². The molecule has 0 bridgehead atoms. The molecule has 1 aliphatic carbocycles. The molecule has 3 heteroatoms. The lowest BCUT2D eigenvalue weighted by atomic mass is 9.72. The standard InChI is InChI=1S/C15H29N3/c1-13-5-2-3-7-15(13,12-16)18-10-9-17-8-4-6-14(17)11-18/h13-14H,2-12,16H2,1H3. The molecule has 0 aromatic rings. The SMILES string of the molecule is CC1CCCCC1(CN)N1CCN2CCCC2C1. The summed E-state index contributed by atoms with van der Waals surface area (Å²) in [7, 11) is 0. The first kappa shape index (κ1) is 12.9. The Bertz CT molecular complexity index is 293. The van der Waals surface area contributed by atoms with Crippen molar-refractivity contribution in [1.29, 1.82) is 0 Å². The van der Waals surface area contributed by atoms with Crippen LogP contribution in [0.1, 0.15) is 45.4 Å². The molecule has 2 heterocycles. The summed E-state index contributed by atoms with van der Waals surface area (Å²) in [6, 6.07) is 0.830. The molecule has 0 radical (unpaired) electrons. The molecule has 3 rings (SSSR count). The summed E-state index contributed by atoms with van der Waals surface area (Å²) in [6.07, 6.45) is 8.31. The zero-order chi connectivity index (χ0) is 12.6. The van der Waals surface area contributed by atoms with Gasteiger partial charge in [-0.05, 0) is 38.1 Å². The molecule has 2 saturated heterocycles. The molecular formula is C15H29N3. The lowest BCUT2D eigenvalue weighted by molar-refractivity contribution is -0.0312. The summed E-state index contributed by atoms with van der Waals surface area (Å²) in [4.78, 5) is 5.48. The third-order valence-corrected chi connectivity index (χ3v) is 5.98. The van der Waals surface area contributed by atoms with E-state index >= 15 is 0 Å². The maximum Gasteiger partial charge on any atom is 0.0358 e. The maximum absolute atomic E-state index is 6.24. The summed E-state index contributed by atoms with van der Waals surface area (Å²) in [5, 5.41) is 0. The molecule has 1 saturated carbocycles. The van der Waals surface area contributed by atoms with Crippen LogP contribution < -0.4 is 5.73 Å². The van der Waals surface area contributed by atoms with Gasteiger partial charge in [-0.15, -0.1) is 0 Å². The monoisotopic (exact) mass is 251 g/mol. The second-order valence-corrected chi connectivity index (χ2v) is 6.73. The highest BCUT2D eigenvalue weighted by Crippen LogP contribution is 2.39. The fourth-order valence-electron chi connectivity index (χ4n) is 4.69. The van der Waals surface area contributed by atoms with E-state index in [2.05, 4.69) is 16.7 Å². The van der Waals surface area contributed by atoms with Crippen molar-refractivity contribution >= 4 is 0 Å². The lowest BCUT2D eigenvalue weighted by Gasteiger charge is -2.53. The Balaban J connectivity index is 1.75. The minimum Gasteiger partial charge on any atom is -0.329 e. The van der Waals surface area contributed by atoms with Gasteiger partial charge in [0.15, 0.2) is 0 Å². The van der Waals surface area contributed by atoms with E-state index in [1.807, 2.05) is 0 Å². The van der Waals surface area contributed by atoms with Crippen LogP contribution in [0.3, 0.4) is 0 Å². The first-order valence-electron chi connectivity index (χ1n) is 7.95. The number of nitrogens with zero attached hydrogens (tertiary/aromatic N) is 2. The van der Waals surface area contributed by atoms with Crippen LogP contribution >= 0.6 is 0 Å². The zero-order valence-electron chi connectivity index (χ0n) is 11.9. The van der Waals surface area contributed by atoms with Crippen LogP contribution in [0, 0.1) is 5.92 Å². The van der Waals surface area contributed by atoms with Crippen molar-refractivity contribution in [2.24, 2.45) is 11.7 Å². The third-order valence-electron chi connectivity index (χ3n) is 5.98. The molecule has 2 N–H and O–H groups in total. The number of piperazine rings is 1. The van der Waals surface area contributed by atoms with Gasteiger partial charge < -0.3 is 5.73 Å². The van der Waals surface area contributed by atoms with Gasteiger partial charge in [0.2, 0.25) is 0 Å². The van der Waals surface area contributed by atoms with E-state index in [4.69, 9.17) is 5.73 Å². The van der Waals surface area contributed by atoms with Gasteiger partial charge in [-0.3, -0.25) is 9.80 Å². The average Bonchev–Trinajstić information content (AvgIpc) is 2.87. The van der Waals surface area contributed by atoms with E-state index < -0.39 is 0 Å². The van der Waals surface area contributed by atoms with E-state index in [-0.39, 0.29) is 0 Å². The summed E-state index contributed by atoms with van der Waals surface area (Å²) in [5.74, 6) is 0.782. The van der Waals surface area contributed by atoms with Crippen LogP contribution in [0.5, 0.6) is 0 Å². The molecule has 0 aromatic carbocycles. The molecule has 0 spiro atoms. The molecule has 104 valence electrons. The van der Waals surface area contributed by atoms with Gasteiger partial charge in [0.1, 0.15) is 0 Å². The Kier molecular flexibility index (Phi) is 3.65. The van der Waals surface area contributed by atoms with Crippen molar-refractivity contribution < 1.29 is 0 Å². The molecule has 3 unspecified atom stereocenters. The largest absolute Gasteiger partial charge is 0.329 e. The van der Waals surface area contributed by atoms with Crippen LogP contribution in [0.2, 0.25) is 0 Å². The number of nitrogens with two attached hydrogens (primary N) is 1. The van der Waals surface area contributed by atoms with Crippen molar-refractivity contribution in [3.8, 4) is 0 Å². The van der Waals surface area contributed by atoms with Crippen LogP contribution in [0.4, 0.5) is 0 Å². The van der Waals surface area contributed by atoms with Gasteiger partial charge in [-0.1, -0.05) is 19.8 Å². The van der Waals surface area contributed by atoms with Crippen molar-refractivity contribution in [3.05, 3.63) is 0 Å². The van der Waals surface area contributed by atoms with Gasteiger partial charge in [0.25, 0.3) is 0 Å². The Morgan fingerprint density at radius 3 is 2.78 bits per heavy atom. The number of fused-ring (bicyclic) bond motifs is 1. The van der Waals surface area contributed by atoms with Gasteiger partial charge in [0.05, 0.1) is 0 Å². The number of hydrogen-bond acceptors (Lipinski definition) is 3. The topological polar surface area (TPSA) is 32.5 Å². The Labute approximate surface area is 112 Å². The number of hydrogen-bond donors (Lipinski definition) is 1. The fourth-order valence-corrected chi connectivity index (χ4v) is 4.69. The summed E-state index contributed by atoms with van der Waals surface area (Å²) >= 11 is 0. The second-order valence-electron chi connectivity index (χ2n) is 6.73. The molecule has 18 heavy (non-hydrogen) atoms. The van der Waals surface area contributed by atoms with Crippen molar-refractivity contribution in [2.45, 2.75) is 57.0 Å². The molecular weight excluding hydrogens is 222 g/mol.